The highest BCUT2D eigenvalue weighted by atomic mass is 16.5. The molecule has 1 aromatic carbocycles. The van der Waals surface area contributed by atoms with Crippen molar-refractivity contribution in [3.63, 3.8) is 0 Å². The number of benzene rings is 1. The molecule has 1 heterocycles. The van der Waals surface area contributed by atoms with Crippen LogP contribution in [0.2, 0.25) is 0 Å². The van der Waals surface area contributed by atoms with Crippen molar-refractivity contribution in [2.75, 3.05) is 20.2 Å². The highest BCUT2D eigenvalue weighted by Gasteiger charge is 2.39. The SMILES string of the molecule is COc1ccc(CNC(=O)C(C)(C)C(=O)N2CCCC(C)C2)cc1. The van der Waals surface area contributed by atoms with Gasteiger partial charge >= 0.3 is 0 Å². The van der Waals surface area contributed by atoms with Crippen LogP contribution in [0, 0.1) is 11.3 Å². The number of nitrogens with one attached hydrogen (secondary N) is 1. The minimum atomic E-state index is -1.05. The summed E-state index contributed by atoms with van der Waals surface area (Å²) in [6, 6.07) is 7.51. The molecule has 2 amide bonds. The average molecular weight is 332 g/mol. The second-order valence-corrected chi connectivity index (χ2v) is 7.15. The molecule has 1 N–H and O–H groups in total. The normalized spacial score (nSPS) is 18.2. The Morgan fingerprint density at radius 2 is 1.96 bits per heavy atom. The Labute approximate surface area is 144 Å². The molecule has 0 aliphatic carbocycles. The summed E-state index contributed by atoms with van der Waals surface area (Å²) < 4.78 is 5.12. The quantitative estimate of drug-likeness (QED) is 0.843. The van der Waals surface area contributed by atoms with Crippen molar-refractivity contribution in [2.24, 2.45) is 11.3 Å². The first-order valence-electron chi connectivity index (χ1n) is 8.55. The van der Waals surface area contributed by atoms with Crippen LogP contribution >= 0.6 is 0 Å². The molecule has 0 radical (unpaired) electrons. The number of nitrogens with zero attached hydrogens (tertiary/aromatic N) is 1. The number of carbonyl (C=O) groups is 2. The Morgan fingerprint density at radius 1 is 1.29 bits per heavy atom. The molecule has 1 unspecified atom stereocenters. The first kappa shape index (κ1) is 18.3. The second kappa shape index (κ2) is 7.69. The van der Waals surface area contributed by atoms with E-state index in [0.717, 1.165) is 37.2 Å². The number of hydrogen-bond donors (Lipinski definition) is 1. The molecule has 1 aromatic rings. The van der Waals surface area contributed by atoms with Gasteiger partial charge in [0.15, 0.2) is 0 Å². The van der Waals surface area contributed by atoms with E-state index in [1.807, 2.05) is 29.2 Å². The number of piperidine rings is 1. The Balaban J connectivity index is 1.94. The lowest BCUT2D eigenvalue weighted by Crippen LogP contribution is -2.51. The molecular formula is C19H28N2O3. The molecule has 5 heteroatoms. The fourth-order valence-electron chi connectivity index (χ4n) is 3.01. The van der Waals surface area contributed by atoms with E-state index in [4.69, 9.17) is 4.74 Å². The van der Waals surface area contributed by atoms with Crippen LogP contribution in [0.4, 0.5) is 0 Å². The van der Waals surface area contributed by atoms with E-state index in [1.54, 1.807) is 21.0 Å². The summed E-state index contributed by atoms with van der Waals surface area (Å²) in [5.41, 5.74) is -0.0808. The lowest BCUT2D eigenvalue weighted by Gasteiger charge is -2.36. The molecule has 1 saturated heterocycles. The van der Waals surface area contributed by atoms with Gasteiger partial charge in [-0.2, -0.15) is 0 Å². The van der Waals surface area contributed by atoms with Gasteiger partial charge in [-0.3, -0.25) is 9.59 Å². The molecule has 1 aliphatic heterocycles. The zero-order chi connectivity index (χ0) is 17.7. The number of carbonyl (C=O) groups excluding carboxylic acids is 2. The number of methoxy groups -OCH3 is 1. The molecule has 24 heavy (non-hydrogen) atoms. The highest BCUT2D eigenvalue weighted by Crippen LogP contribution is 2.24. The van der Waals surface area contributed by atoms with Crippen LogP contribution < -0.4 is 10.1 Å². The van der Waals surface area contributed by atoms with Gasteiger partial charge in [0.05, 0.1) is 7.11 Å². The van der Waals surface area contributed by atoms with Crippen LogP contribution in [-0.2, 0) is 16.1 Å². The minimum absolute atomic E-state index is 0.0821. The van der Waals surface area contributed by atoms with Crippen LogP contribution in [0.1, 0.15) is 39.2 Å². The van der Waals surface area contributed by atoms with E-state index in [1.165, 1.54) is 0 Å². The van der Waals surface area contributed by atoms with E-state index in [-0.39, 0.29) is 11.8 Å². The largest absolute Gasteiger partial charge is 0.497 e. The summed E-state index contributed by atoms with van der Waals surface area (Å²) in [4.78, 5) is 27.1. The lowest BCUT2D eigenvalue weighted by molar-refractivity contribution is -0.149. The van der Waals surface area contributed by atoms with Crippen LogP contribution in [0.15, 0.2) is 24.3 Å². The van der Waals surface area contributed by atoms with Crippen LogP contribution in [-0.4, -0.2) is 36.9 Å². The van der Waals surface area contributed by atoms with Gasteiger partial charge in [-0.05, 0) is 50.3 Å². The number of amides is 2. The predicted molar refractivity (Wildman–Crippen MR) is 93.6 cm³/mol. The first-order valence-corrected chi connectivity index (χ1v) is 8.55. The summed E-state index contributed by atoms with van der Waals surface area (Å²) >= 11 is 0. The van der Waals surface area contributed by atoms with E-state index in [9.17, 15) is 9.59 Å². The third kappa shape index (κ3) is 4.28. The Kier molecular flexibility index (Phi) is 5.86. The van der Waals surface area contributed by atoms with Crippen molar-refractivity contribution in [1.29, 1.82) is 0 Å². The van der Waals surface area contributed by atoms with Crippen molar-refractivity contribution in [3.8, 4) is 5.75 Å². The molecule has 1 aliphatic rings. The van der Waals surface area contributed by atoms with E-state index >= 15 is 0 Å². The van der Waals surface area contributed by atoms with Gasteiger partial charge in [-0.25, -0.2) is 0 Å². The standard InChI is InChI=1S/C19H28N2O3/c1-14-6-5-11-21(13-14)18(23)19(2,3)17(22)20-12-15-7-9-16(24-4)10-8-15/h7-10,14H,5-6,11-13H2,1-4H3,(H,20,22). The molecule has 1 fully saturated rings. The molecule has 1 atom stereocenters. The topological polar surface area (TPSA) is 58.6 Å². The summed E-state index contributed by atoms with van der Waals surface area (Å²) in [6.45, 7) is 7.45. The number of ether oxygens (including phenoxy) is 1. The number of likely N-dealkylation sites (tertiary alicyclic amines) is 1. The maximum atomic E-state index is 12.8. The van der Waals surface area contributed by atoms with Gasteiger partial charge in [0.25, 0.3) is 0 Å². The molecular weight excluding hydrogens is 304 g/mol. The lowest BCUT2D eigenvalue weighted by atomic mass is 9.88. The maximum Gasteiger partial charge on any atom is 0.237 e. The molecule has 5 nitrogen and oxygen atoms in total. The van der Waals surface area contributed by atoms with Crippen LogP contribution in [0.25, 0.3) is 0 Å². The zero-order valence-corrected chi connectivity index (χ0v) is 15.1. The van der Waals surface area contributed by atoms with Crippen molar-refractivity contribution in [3.05, 3.63) is 29.8 Å². The third-order valence-corrected chi connectivity index (χ3v) is 4.66. The fraction of sp³-hybridized carbons (Fsp3) is 0.579. The summed E-state index contributed by atoms with van der Waals surface area (Å²) in [5.74, 6) is 0.962. The Bertz CT molecular complexity index is 581. The zero-order valence-electron chi connectivity index (χ0n) is 15.1. The van der Waals surface area contributed by atoms with Gasteiger partial charge < -0.3 is 15.0 Å². The average Bonchev–Trinajstić information content (AvgIpc) is 2.59. The molecule has 0 bridgehead atoms. The molecule has 0 saturated carbocycles. The minimum Gasteiger partial charge on any atom is -0.497 e. The van der Waals surface area contributed by atoms with Crippen LogP contribution in [0.5, 0.6) is 5.75 Å². The van der Waals surface area contributed by atoms with E-state index in [0.29, 0.717) is 12.5 Å². The maximum absolute atomic E-state index is 12.8. The smallest absolute Gasteiger partial charge is 0.237 e. The summed E-state index contributed by atoms with van der Waals surface area (Å²) in [6.07, 6.45) is 2.16. The molecule has 0 aromatic heterocycles. The van der Waals surface area contributed by atoms with Gasteiger partial charge in [-0.15, -0.1) is 0 Å². The van der Waals surface area contributed by atoms with Crippen molar-refractivity contribution >= 4 is 11.8 Å². The summed E-state index contributed by atoms with van der Waals surface area (Å²) in [7, 11) is 1.62. The predicted octanol–water partition coefficient (Wildman–Crippen LogP) is 2.60. The number of hydrogen-bond acceptors (Lipinski definition) is 3. The summed E-state index contributed by atoms with van der Waals surface area (Å²) in [5, 5.41) is 2.88. The first-order chi connectivity index (χ1) is 11.3. The molecule has 2 rings (SSSR count). The van der Waals surface area contributed by atoms with Gasteiger partial charge in [-0.1, -0.05) is 19.1 Å². The van der Waals surface area contributed by atoms with Crippen molar-refractivity contribution in [2.45, 2.75) is 40.2 Å². The Hall–Kier alpha value is -2.04. The van der Waals surface area contributed by atoms with Crippen molar-refractivity contribution in [1.82, 2.24) is 10.2 Å². The van der Waals surface area contributed by atoms with E-state index in [2.05, 4.69) is 12.2 Å². The van der Waals surface area contributed by atoms with Gasteiger partial charge in [0.2, 0.25) is 11.8 Å². The second-order valence-electron chi connectivity index (χ2n) is 7.15. The monoisotopic (exact) mass is 332 g/mol. The van der Waals surface area contributed by atoms with Crippen LogP contribution in [0.3, 0.4) is 0 Å². The highest BCUT2D eigenvalue weighted by molar-refractivity contribution is 6.04. The van der Waals surface area contributed by atoms with Gasteiger partial charge in [0.1, 0.15) is 11.2 Å². The number of rotatable bonds is 5. The molecule has 132 valence electrons. The van der Waals surface area contributed by atoms with E-state index < -0.39 is 5.41 Å². The Morgan fingerprint density at radius 3 is 2.54 bits per heavy atom. The molecule has 0 spiro atoms. The fourth-order valence-corrected chi connectivity index (χ4v) is 3.01. The third-order valence-electron chi connectivity index (χ3n) is 4.66. The van der Waals surface area contributed by atoms with Gasteiger partial charge in [0, 0.05) is 19.6 Å². The van der Waals surface area contributed by atoms with Crippen molar-refractivity contribution < 1.29 is 14.3 Å².